The minimum absolute atomic E-state index is 0.326. The second kappa shape index (κ2) is 9.23. The molecule has 180 valence electrons. The molecule has 0 amide bonds. The zero-order valence-corrected chi connectivity index (χ0v) is 20.7. The molecule has 4 rings (SSSR count). The molecule has 1 aliphatic rings. The summed E-state index contributed by atoms with van der Waals surface area (Å²) in [4.78, 5) is 41.9. The van der Waals surface area contributed by atoms with Crippen molar-refractivity contribution in [3.8, 4) is 0 Å². The molecular formula is C30H30O5. The highest BCUT2D eigenvalue weighted by Gasteiger charge is 2.63. The van der Waals surface area contributed by atoms with E-state index >= 15 is 0 Å². The zero-order valence-electron chi connectivity index (χ0n) is 20.7. The number of aryl methyl sites for hydroxylation is 2. The molecule has 0 unspecified atom stereocenters. The van der Waals surface area contributed by atoms with Crippen molar-refractivity contribution in [3.05, 3.63) is 107 Å². The highest BCUT2D eigenvalue weighted by atomic mass is 16.8. The van der Waals surface area contributed by atoms with Crippen LogP contribution >= 0.6 is 0 Å². The van der Waals surface area contributed by atoms with E-state index in [2.05, 4.69) is 0 Å². The average molecular weight is 471 g/mol. The van der Waals surface area contributed by atoms with Crippen molar-refractivity contribution < 1.29 is 23.9 Å². The molecule has 35 heavy (non-hydrogen) atoms. The second-order valence-electron chi connectivity index (χ2n) is 10.2. The Balaban J connectivity index is 1.95. The summed E-state index contributed by atoms with van der Waals surface area (Å²) in [6.07, 6.45) is -0.936. The van der Waals surface area contributed by atoms with E-state index in [1.165, 1.54) is 0 Å². The van der Waals surface area contributed by atoms with Crippen LogP contribution in [0.3, 0.4) is 0 Å². The zero-order chi connectivity index (χ0) is 25.4. The number of carbonyl (C=O) groups is 3. The quantitative estimate of drug-likeness (QED) is 0.258. The smallest absolute Gasteiger partial charge is 0.346 e. The molecule has 1 fully saturated rings. The van der Waals surface area contributed by atoms with Gasteiger partial charge in [-0.15, -0.1) is 0 Å². The fraction of sp³-hybridized carbons (Fsp3) is 0.300. The van der Waals surface area contributed by atoms with E-state index in [1.54, 1.807) is 54.6 Å². The Morgan fingerprint density at radius 2 is 1.23 bits per heavy atom. The maximum atomic E-state index is 14.1. The number of hydrogen-bond acceptors (Lipinski definition) is 5. The number of esters is 1. The van der Waals surface area contributed by atoms with Gasteiger partial charge in [0.1, 0.15) is 5.92 Å². The molecule has 0 aromatic heterocycles. The predicted molar refractivity (Wildman–Crippen MR) is 133 cm³/mol. The Bertz CT molecular complexity index is 1180. The van der Waals surface area contributed by atoms with E-state index in [-0.39, 0.29) is 0 Å². The average Bonchev–Trinajstić information content (AvgIpc) is 3.19. The van der Waals surface area contributed by atoms with Gasteiger partial charge >= 0.3 is 5.97 Å². The summed E-state index contributed by atoms with van der Waals surface area (Å²) in [5, 5.41) is 0. The van der Waals surface area contributed by atoms with E-state index in [0.29, 0.717) is 16.7 Å². The number of ether oxygens (including phenoxy) is 2. The summed E-state index contributed by atoms with van der Waals surface area (Å²) in [6.45, 7) is 9.47. The maximum Gasteiger partial charge on any atom is 0.346 e. The largest absolute Gasteiger partial charge is 0.433 e. The van der Waals surface area contributed by atoms with Gasteiger partial charge in [-0.1, -0.05) is 111 Å². The molecule has 3 aromatic carbocycles. The highest BCUT2D eigenvalue weighted by molar-refractivity contribution is 6.19. The summed E-state index contributed by atoms with van der Waals surface area (Å²) in [6, 6.07) is 22.6. The third-order valence-electron chi connectivity index (χ3n) is 6.32. The van der Waals surface area contributed by atoms with Crippen LogP contribution in [0.4, 0.5) is 0 Å². The first-order chi connectivity index (χ1) is 16.5. The molecule has 0 aliphatic carbocycles. The van der Waals surface area contributed by atoms with Crippen molar-refractivity contribution in [1.29, 1.82) is 0 Å². The van der Waals surface area contributed by atoms with E-state index in [0.717, 1.165) is 11.1 Å². The predicted octanol–water partition coefficient (Wildman–Crippen LogP) is 5.83. The van der Waals surface area contributed by atoms with Crippen LogP contribution in [0.25, 0.3) is 0 Å². The van der Waals surface area contributed by atoms with Gasteiger partial charge in [0.2, 0.25) is 11.9 Å². The van der Waals surface area contributed by atoms with E-state index < -0.39 is 40.8 Å². The minimum atomic E-state index is -1.93. The summed E-state index contributed by atoms with van der Waals surface area (Å²) in [5.41, 5.74) is 0.511. The van der Waals surface area contributed by atoms with Gasteiger partial charge in [-0.3, -0.25) is 9.59 Å². The fourth-order valence-electron chi connectivity index (χ4n) is 4.26. The van der Waals surface area contributed by atoms with Crippen LogP contribution in [0.1, 0.15) is 58.2 Å². The van der Waals surface area contributed by atoms with Crippen LogP contribution in [-0.4, -0.2) is 23.8 Å². The lowest BCUT2D eigenvalue weighted by Gasteiger charge is -2.33. The molecule has 3 aromatic rings. The first-order valence-corrected chi connectivity index (χ1v) is 11.7. The van der Waals surface area contributed by atoms with Gasteiger partial charge in [0, 0.05) is 16.5 Å². The van der Waals surface area contributed by atoms with Crippen molar-refractivity contribution in [2.45, 2.75) is 46.5 Å². The van der Waals surface area contributed by atoms with Crippen molar-refractivity contribution in [2.75, 3.05) is 0 Å². The van der Waals surface area contributed by atoms with Crippen molar-refractivity contribution in [2.24, 2.45) is 11.3 Å². The van der Waals surface area contributed by atoms with Gasteiger partial charge < -0.3 is 9.47 Å². The van der Waals surface area contributed by atoms with E-state index in [9.17, 15) is 14.4 Å². The number of ketones is 2. The molecule has 2 atom stereocenters. The number of hydrogen-bond donors (Lipinski definition) is 0. The summed E-state index contributed by atoms with van der Waals surface area (Å²) in [7, 11) is 0. The van der Waals surface area contributed by atoms with Crippen LogP contribution in [0.2, 0.25) is 0 Å². The first kappa shape index (κ1) is 24.6. The number of carbonyl (C=O) groups excluding carboxylic acids is 3. The molecule has 1 saturated heterocycles. The maximum absolute atomic E-state index is 14.1. The lowest BCUT2D eigenvalue weighted by molar-refractivity contribution is -0.157. The summed E-state index contributed by atoms with van der Waals surface area (Å²) >= 11 is 0. The van der Waals surface area contributed by atoms with Gasteiger partial charge in [0.05, 0.1) is 0 Å². The van der Waals surface area contributed by atoms with Crippen LogP contribution in [-0.2, 0) is 19.9 Å². The highest BCUT2D eigenvalue weighted by Crippen LogP contribution is 2.47. The molecule has 1 aliphatic heterocycles. The number of benzene rings is 3. The van der Waals surface area contributed by atoms with Crippen LogP contribution in [0, 0.1) is 25.2 Å². The summed E-state index contributed by atoms with van der Waals surface area (Å²) < 4.78 is 12.1. The molecule has 0 saturated carbocycles. The standard InChI is InChI=1S/C30H30O5/c1-19-11-15-21(16-12-19)25(31)24(26(32)22-17-13-20(2)14-18-22)30(23-9-7-6-8-10-23)27(33)34-28(35-30)29(3,4)5/h6-18,24,28H,1-5H3/t28-,30-/m1/s1. The van der Waals surface area contributed by atoms with Gasteiger partial charge in [-0.05, 0) is 19.4 Å². The topological polar surface area (TPSA) is 69.7 Å². The third kappa shape index (κ3) is 4.56. The first-order valence-electron chi connectivity index (χ1n) is 11.7. The molecule has 0 spiro atoms. The van der Waals surface area contributed by atoms with Gasteiger partial charge in [-0.25, -0.2) is 4.79 Å². The number of cyclic esters (lactones) is 1. The van der Waals surface area contributed by atoms with Gasteiger partial charge in [-0.2, -0.15) is 0 Å². The minimum Gasteiger partial charge on any atom is -0.433 e. The SMILES string of the molecule is Cc1ccc(C(=O)C(C(=O)c2ccc(C)cc2)[C@@]2(c3ccccc3)O[C@H](C(C)(C)C)OC2=O)cc1. The molecule has 5 heteroatoms. The Kier molecular flexibility index (Phi) is 6.48. The Hall–Kier alpha value is -3.57. The number of Topliss-reactive ketones (excluding diaryl/α,β-unsaturated/α-hetero) is 2. The Morgan fingerprint density at radius 1 is 0.771 bits per heavy atom. The van der Waals surface area contributed by atoms with Crippen molar-refractivity contribution in [1.82, 2.24) is 0 Å². The van der Waals surface area contributed by atoms with Crippen LogP contribution in [0.5, 0.6) is 0 Å². The second-order valence-corrected chi connectivity index (χ2v) is 10.2. The normalized spacial score (nSPS) is 20.1. The molecule has 5 nitrogen and oxygen atoms in total. The molecule has 0 N–H and O–H groups in total. The monoisotopic (exact) mass is 470 g/mol. The number of rotatable bonds is 6. The van der Waals surface area contributed by atoms with Gasteiger partial charge in [0.25, 0.3) is 0 Å². The summed E-state index contributed by atoms with van der Waals surface area (Å²) in [5.74, 6) is -3.21. The molecule has 0 bridgehead atoms. The van der Waals surface area contributed by atoms with Crippen molar-refractivity contribution in [3.63, 3.8) is 0 Å². The molecule has 1 heterocycles. The Labute approximate surface area is 206 Å². The van der Waals surface area contributed by atoms with Crippen LogP contribution < -0.4 is 0 Å². The van der Waals surface area contributed by atoms with Gasteiger partial charge in [0.15, 0.2) is 11.6 Å². The van der Waals surface area contributed by atoms with Crippen LogP contribution in [0.15, 0.2) is 78.9 Å². The molecule has 0 radical (unpaired) electrons. The molecular weight excluding hydrogens is 440 g/mol. The van der Waals surface area contributed by atoms with E-state index in [1.807, 2.05) is 58.9 Å². The lowest BCUT2D eigenvalue weighted by atomic mass is 9.73. The fourth-order valence-corrected chi connectivity index (χ4v) is 4.26. The lowest BCUT2D eigenvalue weighted by Crippen LogP contribution is -2.49. The van der Waals surface area contributed by atoms with E-state index in [4.69, 9.17) is 9.47 Å². The Morgan fingerprint density at radius 3 is 1.63 bits per heavy atom. The van der Waals surface area contributed by atoms with Crippen molar-refractivity contribution >= 4 is 17.5 Å². The third-order valence-corrected chi connectivity index (χ3v) is 6.32.